The van der Waals surface area contributed by atoms with E-state index in [1.54, 1.807) is 0 Å². The molecule has 0 atom stereocenters. The van der Waals surface area contributed by atoms with Crippen LogP contribution in [-0.4, -0.2) is 76.4 Å². The molecule has 2 aromatic rings. The fourth-order valence-electron chi connectivity index (χ4n) is 3.28. The number of hydrogen-bond donors (Lipinski definition) is 1. The molecule has 1 saturated heterocycles. The quantitative estimate of drug-likeness (QED) is 0.440. The predicted octanol–water partition coefficient (Wildman–Crippen LogP) is 1.12. The van der Waals surface area contributed by atoms with Crippen LogP contribution in [0.3, 0.4) is 0 Å². The summed E-state index contributed by atoms with van der Waals surface area (Å²) in [6.45, 7) is 0.818. The normalized spacial score (nSPS) is 15.2. The van der Waals surface area contributed by atoms with E-state index in [4.69, 9.17) is 4.74 Å². The van der Waals surface area contributed by atoms with E-state index in [9.17, 15) is 31.7 Å². The number of nitro benzene ring substituents is 1. The highest BCUT2D eigenvalue weighted by atomic mass is 32.2. The van der Waals surface area contributed by atoms with Crippen LogP contribution in [0.2, 0.25) is 0 Å². The Bertz CT molecular complexity index is 1270. The average Bonchev–Trinajstić information content (AvgIpc) is 2.78. The first kappa shape index (κ1) is 24.4. The molecule has 2 aromatic carbocycles. The molecule has 1 aliphatic rings. The maximum absolute atomic E-state index is 12.8. The number of nitrogens with zero attached hydrogens (tertiary/aromatic N) is 3. The van der Waals surface area contributed by atoms with Crippen LogP contribution in [0.1, 0.15) is 10.4 Å². The van der Waals surface area contributed by atoms with Gasteiger partial charge in [-0.1, -0.05) is 0 Å². The van der Waals surface area contributed by atoms with Crippen molar-refractivity contribution in [2.75, 3.05) is 44.3 Å². The summed E-state index contributed by atoms with van der Waals surface area (Å²) in [5.41, 5.74) is -0.171. The average molecular weight is 499 g/mol. The Kier molecular flexibility index (Phi) is 6.90. The molecule has 0 aromatic heterocycles. The Morgan fingerprint density at radius 3 is 2.15 bits per heavy atom. The number of anilines is 1. The molecule has 1 aliphatic heterocycles. The number of nitrogens with one attached hydrogen (secondary N) is 1. The number of nitro groups is 1. The molecule has 0 unspecified atom stereocenters. The third-order valence-corrected chi connectivity index (χ3v) is 7.73. The minimum Gasteiger partial charge on any atom is -0.495 e. The number of amides is 1. The van der Waals surface area contributed by atoms with Gasteiger partial charge < -0.3 is 9.64 Å². The first-order chi connectivity index (χ1) is 15.4. The highest BCUT2D eigenvalue weighted by Crippen LogP contribution is 2.31. The number of hydrogen-bond acceptors (Lipinski definition) is 8. The van der Waals surface area contributed by atoms with E-state index in [1.165, 1.54) is 52.7 Å². The van der Waals surface area contributed by atoms with Crippen molar-refractivity contribution in [2.45, 2.75) is 4.90 Å². The summed E-state index contributed by atoms with van der Waals surface area (Å²) in [5.74, 6) is -0.246. The Morgan fingerprint density at radius 1 is 1.03 bits per heavy atom. The molecular formula is C19H22N4O8S2. The van der Waals surface area contributed by atoms with E-state index in [1.807, 2.05) is 0 Å². The van der Waals surface area contributed by atoms with Crippen molar-refractivity contribution in [3.05, 3.63) is 58.1 Å². The number of carbonyl (C=O) groups is 1. The number of ether oxygens (including phenoxy) is 1. The van der Waals surface area contributed by atoms with Crippen LogP contribution in [0.15, 0.2) is 47.4 Å². The minimum atomic E-state index is -4.13. The molecule has 14 heteroatoms. The van der Waals surface area contributed by atoms with Crippen molar-refractivity contribution in [1.82, 2.24) is 9.21 Å². The van der Waals surface area contributed by atoms with Crippen molar-refractivity contribution in [1.29, 1.82) is 0 Å². The van der Waals surface area contributed by atoms with Gasteiger partial charge >= 0.3 is 0 Å². The topological polar surface area (TPSA) is 156 Å². The summed E-state index contributed by atoms with van der Waals surface area (Å²) in [5, 5.41) is 11.0. The van der Waals surface area contributed by atoms with Crippen molar-refractivity contribution in [3.8, 4) is 5.75 Å². The molecule has 0 saturated carbocycles. The van der Waals surface area contributed by atoms with Crippen molar-refractivity contribution >= 4 is 37.3 Å². The SMILES string of the molecule is COc1ccc([N+](=O)[O-])cc1NS(=O)(=O)c1ccc(C(=O)N2CCN(S(C)(=O)=O)CC2)cc1. The number of methoxy groups -OCH3 is 1. The van der Waals surface area contributed by atoms with Crippen molar-refractivity contribution in [3.63, 3.8) is 0 Å². The van der Waals surface area contributed by atoms with E-state index in [0.29, 0.717) is 0 Å². The van der Waals surface area contributed by atoms with Crippen LogP contribution >= 0.6 is 0 Å². The Hall–Kier alpha value is -3.23. The Balaban J connectivity index is 1.75. The number of benzene rings is 2. The van der Waals surface area contributed by atoms with Gasteiger partial charge in [-0.25, -0.2) is 16.8 Å². The van der Waals surface area contributed by atoms with Gasteiger partial charge in [0.25, 0.3) is 21.6 Å². The molecule has 1 N–H and O–H groups in total. The van der Waals surface area contributed by atoms with Gasteiger partial charge in [0.15, 0.2) is 0 Å². The molecule has 178 valence electrons. The number of sulfonamides is 2. The van der Waals surface area contributed by atoms with Gasteiger partial charge in [-0.2, -0.15) is 4.31 Å². The van der Waals surface area contributed by atoms with E-state index >= 15 is 0 Å². The van der Waals surface area contributed by atoms with Crippen LogP contribution < -0.4 is 9.46 Å². The molecule has 0 spiro atoms. The predicted molar refractivity (Wildman–Crippen MR) is 119 cm³/mol. The fraction of sp³-hybridized carbons (Fsp3) is 0.316. The van der Waals surface area contributed by atoms with Gasteiger partial charge in [0.05, 0.1) is 28.9 Å². The number of non-ortho nitro benzene ring substituents is 1. The second-order valence-electron chi connectivity index (χ2n) is 7.23. The Labute approximate surface area is 191 Å². The lowest BCUT2D eigenvalue weighted by Crippen LogP contribution is -2.50. The van der Waals surface area contributed by atoms with Crippen molar-refractivity contribution < 1.29 is 31.3 Å². The van der Waals surface area contributed by atoms with Gasteiger partial charge in [-0.15, -0.1) is 0 Å². The fourth-order valence-corrected chi connectivity index (χ4v) is 5.16. The van der Waals surface area contributed by atoms with Gasteiger partial charge in [-0.05, 0) is 30.3 Å². The lowest BCUT2D eigenvalue weighted by molar-refractivity contribution is -0.384. The Morgan fingerprint density at radius 2 is 1.64 bits per heavy atom. The van der Waals surface area contributed by atoms with Gasteiger partial charge in [-0.3, -0.25) is 19.6 Å². The molecule has 12 nitrogen and oxygen atoms in total. The zero-order valence-corrected chi connectivity index (χ0v) is 19.4. The molecule has 0 bridgehead atoms. The van der Waals surface area contributed by atoms with Gasteiger partial charge in [0.1, 0.15) is 5.75 Å². The zero-order valence-electron chi connectivity index (χ0n) is 17.8. The molecule has 1 amide bonds. The van der Waals surface area contributed by atoms with Crippen LogP contribution in [0.4, 0.5) is 11.4 Å². The van der Waals surface area contributed by atoms with Gasteiger partial charge in [0.2, 0.25) is 10.0 Å². The summed E-state index contributed by atoms with van der Waals surface area (Å²) >= 11 is 0. The van der Waals surface area contributed by atoms with E-state index in [2.05, 4.69) is 4.72 Å². The second kappa shape index (κ2) is 9.33. The van der Waals surface area contributed by atoms with Crippen LogP contribution in [0.25, 0.3) is 0 Å². The second-order valence-corrected chi connectivity index (χ2v) is 10.9. The van der Waals surface area contributed by atoms with Crippen LogP contribution in [0, 0.1) is 10.1 Å². The van der Waals surface area contributed by atoms with E-state index in [-0.39, 0.29) is 59.7 Å². The molecule has 0 aliphatic carbocycles. The highest BCUT2D eigenvalue weighted by molar-refractivity contribution is 7.92. The van der Waals surface area contributed by atoms with E-state index < -0.39 is 25.0 Å². The third-order valence-electron chi connectivity index (χ3n) is 5.04. The van der Waals surface area contributed by atoms with Crippen LogP contribution in [-0.2, 0) is 20.0 Å². The standard InChI is InChI=1S/C19H22N4O8S2/c1-31-18-8-5-15(23(25)26)13-17(18)20-33(29,30)16-6-3-14(4-7-16)19(24)21-9-11-22(12-10-21)32(2,27)28/h3-8,13,20H,9-12H2,1-2H3. The minimum absolute atomic E-state index is 0.101. The third kappa shape index (κ3) is 5.58. The summed E-state index contributed by atoms with van der Waals surface area (Å²) in [7, 11) is -6.15. The van der Waals surface area contributed by atoms with E-state index in [0.717, 1.165) is 12.3 Å². The van der Waals surface area contributed by atoms with Crippen LogP contribution in [0.5, 0.6) is 5.75 Å². The summed E-state index contributed by atoms with van der Waals surface area (Å²) in [6.07, 6.45) is 1.11. The zero-order chi connectivity index (χ0) is 24.4. The maximum Gasteiger partial charge on any atom is 0.271 e. The first-order valence-corrected chi connectivity index (χ1v) is 13.0. The molecule has 3 rings (SSSR count). The molecule has 33 heavy (non-hydrogen) atoms. The molecule has 1 heterocycles. The lowest BCUT2D eigenvalue weighted by atomic mass is 10.2. The number of rotatable bonds is 7. The number of piperazine rings is 1. The maximum atomic E-state index is 12.8. The summed E-state index contributed by atoms with van der Waals surface area (Å²) < 4.78 is 57.4. The smallest absolute Gasteiger partial charge is 0.271 e. The summed E-state index contributed by atoms with van der Waals surface area (Å²) in [6, 6.07) is 8.70. The van der Waals surface area contributed by atoms with Gasteiger partial charge in [0, 0.05) is 43.9 Å². The summed E-state index contributed by atoms with van der Waals surface area (Å²) in [4.78, 5) is 24.4. The monoisotopic (exact) mass is 498 g/mol. The van der Waals surface area contributed by atoms with Crippen molar-refractivity contribution in [2.24, 2.45) is 0 Å². The first-order valence-electron chi connectivity index (χ1n) is 9.62. The molecule has 0 radical (unpaired) electrons. The molecular weight excluding hydrogens is 476 g/mol. The highest BCUT2D eigenvalue weighted by Gasteiger charge is 2.27. The molecule has 1 fully saturated rings. The number of carbonyl (C=O) groups excluding carboxylic acids is 1. The largest absolute Gasteiger partial charge is 0.495 e. The lowest BCUT2D eigenvalue weighted by Gasteiger charge is -2.33.